The van der Waals surface area contributed by atoms with E-state index in [2.05, 4.69) is 0 Å². The van der Waals surface area contributed by atoms with E-state index in [0.29, 0.717) is 23.9 Å². The van der Waals surface area contributed by atoms with Gasteiger partial charge in [0.05, 0.1) is 0 Å². The Hall–Kier alpha value is -1.58. The molecule has 0 fully saturated rings. The number of hydrogen-bond acceptors (Lipinski definition) is 2. The molecular weight excluding hydrogens is 253 g/mol. The first-order chi connectivity index (χ1) is 8.69. The molecule has 2 aromatic carbocycles. The highest BCUT2D eigenvalue weighted by Gasteiger charge is 2.04. The van der Waals surface area contributed by atoms with Crippen LogP contribution in [0.1, 0.15) is 11.1 Å². The summed E-state index contributed by atoms with van der Waals surface area (Å²) >= 11 is 5.91. The summed E-state index contributed by atoms with van der Waals surface area (Å²) in [7, 11) is 0. The van der Waals surface area contributed by atoms with Gasteiger partial charge in [0.2, 0.25) is 0 Å². The molecule has 4 heteroatoms. The first kappa shape index (κ1) is 12.9. The fourth-order valence-electron chi connectivity index (χ4n) is 1.57. The van der Waals surface area contributed by atoms with E-state index in [9.17, 15) is 4.39 Å². The first-order valence-electron chi connectivity index (χ1n) is 5.55. The molecule has 0 aromatic heterocycles. The van der Waals surface area contributed by atoms with Crippen LogP contribution in [0.2, 0.25) is 5.02 Å². The van der Waals surface area contributed by atoms with E-state index < -0.39 is 0 Å². The van der Waals surface area contributed by atoms with Crippen LogP contribution in [-0.4, -0.2) is 0 Å². The SMILES string of the molecule is NCc1ccc(Cl)cc1OCc1ccc(F)cc1. The van der Waals surface area contributed by atoms with Gasteiger partial charge in [-0.1, -0.05) is 29.8 Å². The molecule has 2 rings (SSSR count). The minimum atomic E-state index is -0.260. The molecule has 0 saturated carbocycles. The molecular formula is C14H13ClFNO. The van der Waals surface area contributed by atoms with Crippen LogP contribution in [0.4, 0.5) is 4.39 Å². The minimum absolute atomic E-state index is 0.260. The maximum absolute atomic E-state index is 12.7. The molecule has 0 aliphatic carbocycles. The van der Waals surface area contributed by atoms with Crippen LogP contribution in [0.25, 0.3) is 0 Å². The van der Waals surface area contributed by atoms with Crippen LogP contribution < -0.4 is 10.5 Å². The van der Waals surface area contributed by atoms with E-state index in [1.165, 1.54) is 12.1 Å². The third kappa shape index (κ3) is 3.22. The van der Waals surface area contributed by atoms with Crippen molar-refractivity contribution in [3.8, 4) is 5.75 Å². The van der Waals surface area contributed by atoms with Crippen LogP contribution in [0, 0.1) is 5.82 Å². The van der Waals surface area contributed by atoms with Gasteiger partial charge in [-0.3, -0.25) is 0 Å². The quantitative estimate of drug-likeness (QED) is 0.918. The lowest BCUT2D eigenvalue weighted by molar-refractivity contribution is 0.303. The van der Waals surface area contributed by atoms with Crippen LogP contribution in [0.15, 0.2) is 42.5 Å². The summed E-state index contributed by atoms with van der Waals surface area (Å²) in [4.78, 5) is 0. The smallest absolute Gasteiger partial charge is 0.125 e. The van der Waals surface area contributed by atoms with E-state index >= 15 is 0 Å². The van der Waals surface area contributed by atoms with Gasteiger partial charge >= 0.3 is 0 Å². The molecule has 0 unspecified atom stereocenters. The summed E-state index contributed by atoms with van der Waals surface area (Å²) in [6, 6.07) is 11.5. The summed E-state index contributed by atoms with van der Waals surface area (Å²) in [6.45, 7) is 0.740. The Morgan fingerprint density at radius 3 is 2.50 bits per heavy atom. The Kier molecular flexibility index (Phi) is 4.18. The van der Waals surface area contributed by atoms with Crippen LogP contribution in [0.3, 0.4) is 0 Å². The molecule has 0 aliphatic rings. The molecule has 0 heterocycles. The van der Waals surface area contributed by atoms with Gasteiger partial charge in [-0.15, -0.1) is 0 Å². The number of ether oxygens (including phenoxy) is 1. The maximum Gasteiger partial charge on any atom is 0.125 e. The molecule has 0 aliphatic heterocycles. The average Bonchev–Trinajstić information content (AvgIpc) is 2.38. The van der Waals surface area contributed by atoms with Gasteiger partial charge in [0.15, 0.2) is 0 Å². The van der Waals surface area contributed by atoms with Gasteiger partial charge in [-0.2, -0.15) is 0 Å². The zero-order valence-corrected chi connectivity index (χ0v) is 10.5. The summed E-state index contributed by atoms with van der Waals surface area (Å²) in [6.07, 6.45) is 0. The van der Waals surface area contributed by atoms with Crippen LogP contribution >= 0.6 is 11.6 Å². The zero-order valence-electron chi connectivity index (χ0n) is 9.70. The second kappa shape index (κ2) is 5.85. The highest BCUT2D eigenvalue weighted by atomic mass is 35.5. The number of benzene rings is 2. The molecule has 2 nitrogen and oxygen atoms in total. The summed E-state index contributed by atoms with van der Waals surface area (Å²) in [5.41, 5.74) is 7.40. The molecule has 0 bridgehead atoms. The molecule has 0 atom stereocenters. The summed E-state index contributed by atoms with van der Waals surface area (Å²) < 4.78 is 18.4. The summed E-state index contributed by atoms with van der Waals surface area (Å²) in [5.74, 6) is 0.401. The minimum Gasteiger partial charge on any atom is -0.489 e. The zero-order chi connectivity index (χ0) is 13.0. The second-order valence-corrected chi connectivity index (χ2v) is 4.31. The van der Waals surface area contributed by atoms with Crippen molar-refractivity contribution in [2.75, 3.05) is 0 Å². The van der Waals surface area contributed by atoms with Crippen molar-refractivity contribution >= 4 is 11.6 Å². The molecule has 0 spiro atoms. The number of halogens is 2. The Morgan fingerprint density at radius 2 is 1.83 bits per heavy atom. The molecule has 0 amide bonds. The number of rotatable bonds is 4. The Morgan fingerprint density at radius 1 is 1.11 bits per heavy atom. The van der Waals surface area contributed by atoms with Gasteiger partial charge in [-0.25, -0.2) is 4.39 Å². The van der Waals surface area contributed by atoms with Gasteiger partial charge < -0.3 is 10.5 Å². The molecule has 2 N–H and O–H groups in total. The normalized spacial score (nSPS) is 10.4. The third-order valence-corrected chi connectivity index (χ3v) is 2.79. The van der Waals surface area contributed by atoms with Crippen molar-refractivity contribution in [1.29, 1.82) is 0 Å². The average molecular weight is 266 g/mol. The van der Waals surface area contributed by atoms with Crippen molar-refractivity contribution in [1.82, 2.24) is 0 Å². The van der Waals surface area contributed by atoms with Crippen LogP contribution in [0.5, 0.6) is 5.75 Å². The van der Waals surface area contributed by atoms with Crippen molar-refractivity contribution in [2.24, 2.45) is 5.73 Å². The Bertz CT molecular complexity index is 528. The van der Waals surface area contributed by atoms with Crippen molar-refractivity contribution < 1.29 is 9.13 Å². The van der Waals surface area contributed by atoms with Crippen molar-refractivity contribution in [3.05, 3.63) is 64.4 Å². The largest absolute Gasteiger partial charge is 0.489 e. The number of nitrogens with two attached hydrogens (primary N) is 1. The van der Waals surface area contributed by atoms with E-state index in [-0.39, 0.29) is 5.82 Å². The predicted octanol–water partition coefficient (Wildman–Crippen LogP) is 3.52. The molecule has 0 radical (unpaired) electrons. The number of hydrogen-bond donors (Lipinski definition) is 1. The molecule has 0 saturated heterocycles. The molecule has 94 valence electrons. The second-order valence-electron chi connectivity index (χ2n) is 3.87. The van der Waals surface area contributed by atoms with Crippen LogP contribution in [-0.2, 0) is 13.2 Å². The topological polar surface area (TPSA) is 35.2 Å². The molecule has 2 aromatic rings. The van der Waals surface area contributed by atoms with Gasteiger partial charge in [0.25, 0.3) is 0 Å². The standard InChI is InChI=1S/C14H13ClFNO/c15-12-4-3-11(8-17)14(7-12)18-9-10-1-5-13(16)6-2-10/h1-7H,8-9,17H2. The molecule has 18 heavy (non-hydrogen) atoms. The monoisotopic (exact) mass is 265 g/mol. The van der Waals surface area contributed by atoms with E-state index in [0.717, 1.165) is 11.1 Å². The van der Waals surface area contributed by atoms with Crippen molar-refractivity contribution in [2.45, 2.75) is 13.2 Å². The van der Waals surface area contributed by atoms with Gasteiger partial charge in [0.1, 0.15) is 18.2 Å². The highest BCUT2D eigenvalue weighted by Crippen LogP contribution is 2.24. The lowest BCUT2D eigenvalue weighted by atomic mass is 10.2. The van der Waals surface area contributed by atoms with E-state index in [1.54, 1.807) is 24.3 Å². The van der Waals surface area contributed by atoms with E-state index in [4.69, 9.17) is 22.1 Å². The summed E-state index contributed by atoms with van der Waals surface area (Å²) in [5, 5.41) is 0.598. The maximum atomic E-state index is 12.7. The predicted molar refractivity (Wildman–Crippen MR) is 70.1 cm³/mol. The third-order valence-electron chi connectivity index (χ3n) is 2.56. The fourth-order valence-corrected chi connectivity index (χ4v) is 1.74. The lowest BCUT2D eigenvalue weighted by Crippen LogP contribution is -2.02. The van der Waals surface area contributed by atoms with Crippen molar-refractivity contribution in [3.63, 3.8) is 0 Å². The lowest BCUT2D eigenvalue weighted by Gasteiger charge is -2.10. The van der Waals surface area contributed by atoms with Gasteiger partial charge in [-0.05, 0) is 29.8 Å². The Balaban J connectivity index is 2.09. The van der Waals surface area contributed by atoms with E-state index in [1.807, 2.05) is 6.07 Å². The Labute approximate surface area is 110 Å². The fraction of sp³-hybridized carbons (Fsp3) is 0.143. The van der Waals surface area contributed by atoms with Gasteiger partial charge in [0, 0.05) is 17.1 Å². The first-order valence-corrected chi connectivity index (χ1v) is 5.92. The highest BCUT2D eigenvalue weighted by molar-refractivity contribution is 6.30.